The molecule has 0 N–H and O–H groups in total. The maximum atomic E-state index is 12.5. The monoisotopic (exact) mass is 399 g/mol. The first-order valence-corrected chi connectivity index (χ1v) is 9.22. The minimum absolute atomic E-state index is 0.0940. The summed E-state index contributed by atoms with van der Waals surface area (Å²) >= 11 is 0. The van der Waals surface area contributed by atoms with Crippen LogP contribution in [0.1, 0.15) is 40.0 Å². The number of carbonyl (C=O) groups excluding carboxylic acids is 5. The molecule has 0 aliphatic carbocycles. The summed E-state index contributed by atoms with van der Waals surface area (Å²) in [5, 5.41) is 0.889. The highest BCUT2D eigenvalue weighted by atomic mass is 16.7. The summed E-state index contributed by atoms with van der Waals surface area (Å²) in [6.07, 6.45) is 0.616. The van der Waals surface area contributed by atoms with Gasteiger partial charge in [-0.05, 0) is 25.7 Å². The van der Waals surface area contributed by atoms with Crippen LogP contribution in [-0.2, 0) is 28.8 Å². The van der Waals surface area contributed by atoms with Crippen LogP contribution in [-0.4, -0.2) is 84.4 Å². The molecule has 1 fully saturated rings. The normalized spacial score (nSPS) is 19.2. The van der Waals surface area contributed by atoms with Crippen molar-refractivity contribution in [1.29, 1.82) is 0 Å². The van der Waals surface area contributed by atoms with E-state index in [-0.39, 0.29) is 31.3 Å². The minimum Gasteiger partial charge on any atom is -0.451 e. The fraction of sp³-hybridized carbons (Fsp3) is 0.722. The average molecular weight is 399 g/mol. The van der Waals surface area contributed by atoms with E-state index < -0.39 is 24.4 Å². The van der Waals surface area contributed by atoms with Crippen molar-refractivity contribution in [2.45, 2.75) is 58.3 Å². The van der Waals surface area contributed by atoms with Crippen LogP contribution in [0.5, 0.6) is 0 Å². The van der Waals surface area contributed by atoms with Gasteiger partial charge in [-0.3, -0.25) is 14.4 Å². The zero-order chi connectivity index (χ0) is 21.3. The zero-order valence-corrected chi connectivity index (χ0v) is 16.8. The molecule has 10 heteroatoms. The van der Waals surface area contributed by atoms with Crippen molar-refractivity contribution in [3.63, 3.8) is 0 Å². The molecule has 0 aromatic rings. The average Bonchev–Trinajstić information content (AvgIpc) is 2.67. The molecule has 3 amide bonds. The van der Waals surface area contributed by atoms with E-state index in [1.54, 1.807) is 6.92 Å². The maximum Gasteiger partial charge on any atom is 0.435 e. The summed E-state index contributed by atoms with van der Waals surface area (Å²) in [5.74, 6) is -0.221. The molecule has 1 rings (SSSR count). The number of rotatable bonds is 11. The first-order chi connectivity index (χ1) is 13.3. The highest BCUT2D eigenvalue weighted by Crippen LogP contribution is 2.21. The number of piperazine rings is 1. The first-order valence-electron chi connectivity index (χ1n) is 9.22. The van der Waals surface area contributed by atoms with E-state index >= 15 is 0 Å². The van der Waals surface area contributed by atoms with E-state index in [0.29, 0.717) is 25.5 Å². The minimum atomic E-state index is -0.962. The Morgan fingerprint density at radius 1 is 1.29 bits per heavy atom. The molecule has 1 heterocycles. The Morgan fingerprint density at radius 2 is 1.96 bits per heavy atom. The molecule has 0 aromatic heterocycles. The zero-order valence-electron chi connectivity index (χ0n) is 16.8. The Balaban J connectivity index is 3.10. The van der Waals surface area contributed by atoms with Gasteiger partial charge in [0.15, 0.2) is 6.17 Å². The smallest absolute Gasteiger partial charge is 0.435 e. The molecule has 3 unspecified atom stereocenters. The van der Waals surface area contributed by atoms with E-state index in [4.69, 9.17) is 9.57 Å². The van der Waals surface area contributed by atoms with E-state index in [2.05, 4.69) is 0 Å². The molecule has 10 nitrogen and oxygen atoms in total. The largest absolute Gasteiger partial charge is 0.451 e. The van der Waals surface area contributed by atoms with Crippen LogP contribution in [0, 0.1) is 5.92 Å². The van der Waals surface area contributed by atoms with Crippen LogP contribution in [0.4, 0.5) is 4.79 Å². The molecule has 158 valence electrons. The van der Waals surface area contributed by atoms with E-state index in [0.717, 1.165) is 16.2 Å². The highest BCUT2D eigenvalue weighted by Gasteiger charge is 2.41. The summed E-state index contributed by atoms with van der Waals surface area (Å²) in [4.78, 5) is 66.5. The van der Waals surface area contributed by atoms with Crippen LogP contribution in [0.3, 0.4) is 0 Å². The summed E-state index contributed by atoms with van der Waals surface area (Å²) in [5.41, 5.74) is 0. The Kier molecular flexibility index (Phi) is 9.57. The van der Waals surface area contributed by atoms with Gasteiger partial charge in [0.05, 0.1) is 25.8 Å². The molecular weight excluding hydrogens is 370 g/mol. The predicted octanol–water partition coefficient (Wildman–Crippen LogP) is 0.594. The van der Waals surface area contributed by atoms with Crippen molar-refractivity contribution in [2.75, 3.05) is 20.2 Å². The molecule has 0 aromatic carbocycles. The van der Waals surface area contributed by atoms with Gasteiger partial charge in [-0.1, -0.05) is 13.8 Å². The van der Waals surface area contributed by atoms with Crippen LogP contribution < -0.4 is 0 Å². The SMILES string of the molecule is COC(=O)N(OC(C)CCC=O)C1CN(C(C=O)CC(C)C)C(=O)CN1C=O. The molecule has 0 bridgehead atoms. The number of methoxy groups -OCH3 is 1. The van der Waals surface area contributed by atoms with Crippen molar-refractivity contribution in [1.82, 2.24) is 14.9 Å². The third-order valence-corrected chi connectivity index (χ3v) is 4.40. The molecule has 0 saturated carbocycles. The summed E-state index contributed by atoms with van der Waals surface area (Å²) < 4.78 is 4.75. The quantitative estimate of drug-likeness (QED) is 0.369. The van der Waals surface area contributed by atoms with Crippen molar-refractivity contribution in [3.8, 4) is 0 Å². The second kappa shape index (κ2) is 11.4. The molecular formula is C18H29N3O7. The lowest BCUT2D eigenvalue weighted by Gasteiger charge is -2.44. The van der Waals surface area contributed by atoms with Crippen LogP contribution >= 0.6 is 0 Å². The van der Waals surface area contributed by atoms with E-state index in [9.17, 15) is 24.0 Å². The Bertz CT molecular complexity index is 569. The van der Waals surface area contributed by atoms with Gasteiger partial charge in [-0.25, -0.2) is 4.79 Å². The fourth-order valence-electron chi connectivity index (χ4n) is 2.99. The number of nitrogens with zero attached hydrogens (tertiary/aromatic N) is 3. The molecule has 0 spiro atoms. The second-order valence-electron chi connectivity index (χ2n) is 7.09. The summed E-state index contributed by atoms with van der Waals surface area (Å²) in [7, 11) is 1.17. The van der Waals surface area contributed by atoms with Gasteiger partial charge in [0.2, 0.25) is 12.3 Å². The molecule has 1 aliphatic heterocycles. The van der Waals surface area contributed by atoms with E-state index in [1.165, 1.54) is 12.0 Å². The molecule has 3 atom stereocenters. The summed E-state index contributed by atoms with van der Waals surface area (Å²) in [6, 6.07) is -0.671. The standard InChI is InChI=1S/C18H29N3O7/c1-13(2)8-15(11-23)20-9-16(19(12-24)10-17(20)25)21(18(26)27-4)28-14(3)6-5-7-22/h7,11-16H,5-6,8-10H2,1-4H3. The maximum absolute atomic E-state index is 12.5. The Labute approximate surface area is 164 Å². The van der Waals surface area contributed by atoms with Crippen molar-refractivity contribution < 1.29 is 33.5 Å². The van der Waals surface area contributed by atoms with Crippen LogP contribution in [0.25, 0.3) is 0 Å². The fourth-order valence-corrected chi connectivity index (χ4v) is 2.99. The van der Waals surface area contributed by atoms with Crippen molar-refractivity contribution in [2.24, 2.45) is 5.92 Å². The second-order valence-corrected chi connectivity index (χ2v) is 7.09. The van der Waals surface area contributed by atoms with Gasteiger partial charge >= 0.3 is 6.09 Å². The molecule has 1 aliphatic rings. The third-order valence-electron chi connectivity index (χ3n) is 4.40. The number of aldehydes is 2. The number of hydrogen-bond acceptors (Lipinski definition) is 7. The lowest BCUT2D eigenvalue weighted by molar-refractivity contribution is -0.226. The van der Waals surface area contributed by atoms with Gasteiger partial charge < -0.3 is 24.1 Å². The van der Waals surface area contributed by atoms with Gasteiger partial charge in [0, 0.05) is 6.42 Å². The molecule has 28 heavy (non-hydrogen) atoms. The van der Waals surface area contributed by atoms with Crippen LogP contribution in [0.15, 0.2) is 0 Å². The molecule has 1 saturated heterocycles. The van der Waals surface area contributed by atoms with Crippen molar-refractivity contribution in [3.05, 3.63) is 0 Å². The third kappa shape index (κ3) is 6.29. The summed E-state index contributed by atoms with van der Waals surface area (Å²) in [6.45, 7) is 5.14. The lowest BCUT2D eigenvalue weighted by Crippen LogP contribution is -2.65. The van der Waals surface area contributed by atoms with Gasteiger partial charge in [-0.15, -0.1) is 0 Å². The van der Waals surface area contributed by atoms with E-state index in [1.807, 2.05) is 13.8 Å². The van der Waals surface area contributed by atoms with Crippen molar-refractivity contribution >= 4 is 31.0 Å². The topological polar surface area (TPSA) is 114 Å². The lowest BCUT2D eigenvalue weighted by atomic mass is 10.0. The van der Waals surface area contributed by atoms with Gasteiger partial charge in [0.1, 0.15) is 19.1 Å². The Hall–Kier alpha value is -2.49. The van der Waals surface area contributed by atoms with Gasteiger partial charge in [-0.2, -0.15) is 5.06 Å². The number of carbonyl (C=O) groups is 5. The predicted molar refractivity (Wildman–Crippen MR) is 97.7 cm³/mol. The number of amides is 3. The Morgan fingerprint density at radius 3 is 2.46 bits per heavy atom. The number of hydroxylamine groups is 2. The number of ether oxygens (including phenoxy) is 1. The first kappa shape index (κ1) is 23.5. The highest BCUT2D eigenvalue weighted by molar-refractivity contribution is 5.84. The number of hydrogen-bond donors (Lipinski definition) is 0. The van der Waals surface area contributed by atoms with Gasteiger partial charge in [0.25, 0.3) is 0 Å². The molecule has 0 radical (unpaired) electrons. The van der Waals surface area contributed by atoms with Crippen LogP contribution in [0.2, 0.25) is 0 Å².